The largest absolute Gasteiger partial charge is 0.361 e. The van der Waals surface area contributed by atoms with Crippen LogP contribution in [0.5, 0.6) is 0 Å². The van der Waals surface area contributed by atoms with Gasteiger partial charge in [0, 0.05) is 29.9 Å². The Hall–Kier alpha value is -2.10. The number of para-hydroxylation sites is 1. The first-order chi connectivity index (χ1) is 9.11. The molecule has 0 saturated heterocycles. The van der Waals surface area contributed by atoms with Crippen molar-refractivity contribution < 1.29 is 9.59 Å². The first-order valence-corrected chi connectivity index (χ1v) is 6.46. The maximum atomic E-state index is 11.6. The Morgan fingerprint density at radius 3 is 2.74 bits per heavy atom. The Kier molecular flexibility index (Phi) is 4.00. The number of aromatic nitrogens is 1. The van der Waals surface area contributed by atoms with E-state index in [0.717, 1.165) is 16.5 Å². The van der Waals surface area contributed by atoms with Gasteiger partial charge in [0.25, 0.3) is 0 Å². The molecule has 0 aliphatic heterocycles. The van der Waals surface area contributed by atoms with E-state index in [-0.39, 0.29) is 11.7 Å². The fraction of sp³-hybridized carbons (Fsp3) is 0.333. The molecule has 1 aromatic heterocycles. The molecule has 0 aliphatic rings. The molecule has 0 saturated carbocycles. The lowest BCUT2D eigenvalue weighted by Crippen LogP contribution is -2.40. The summed E-state index contributed by atoms with van der Waals surface area (Å²) in [4.78, 5) is 26.3. The van der Waals surface area contributed by atoms with E-state index in [0.29, 0.717) is 12.8 Å². The summed E-state index contributed by atoms with van der Waals surface area (Å²) in [6, 6.07) is 7.48. The van der Waals surface area contributed by atoms with E-state index >= 15 is 0 Å². The molecular weight excluding hydrogens is 240 g/mol. The summed E-state index contributed by atoms with van der Waals surface area (Å²) < 4.78 is 0. The average Bonchev–Trinajstić information content (AvgIpc) is 2.81. The fourth-order valence-corrected chi connectivity index (χ4v) is 2.11. The topological polar surface area (TPSA) is 62.0 Å². The Morgan fingerprint density at radius 1 is 1.32 bits per heavy atom. The van der Waals surface area contributed by atoms with Crippen molar-refractivity contribution >= 4 is 22.6 Å². The lowest BCUT2D eigenvalue weighted by molar-refractivity contribution is -0.126. The van der Waals surface area contributed by atoms with Crippen LogP contribution < -0.4 is 5.32 Å². The van der Waals surface area contributed by atoms with Crippen LogP contribution >= 0.6 is 0 Å². The van der Waals surface area contributed by atoms with Gasteiger partial charge in [0.15, 0.2) is 5.78 Å². The molecule has 1 heterocycles. The third-order valence-electron chi connectivity index (χ3n) is 3.25. The van der Waals surface area contributed by atoms with Crippen LogP contribution in [0.4, 0.5) is 0 Å². The van der Waals surface area contributed by atoms with Crippen LogP contribution in [0.15, 0.2) is 30.5 Å². The van der Waals surface area contributed by atoms with Gasteiger partial charge in [-0.15, -0.1) is 0 Å². The van der Waals surface area contributed by atoms with Crippen LogP contribution in [0.3, 0.4) is 0 Å². The lowest BCUT2D eigenvalue weighted by atomic mass is 10.0. The van der Waals surface area contributed by atoms with Gasteiger partial charge < -0.3 is 10.3 Å². The minimum Gasteiger partial charge on any atom is -0.361 e. The Balaban J connectivity index is 2.21. The summed E-state index contributed by atoms with van der Waals surface area (Å²) in [5.41, 5.74) is 2.09. The van der Waals surface area contributed by atoms with Crippen molar-refractivity contribution in [3.8, 4) is 0 Å². The van der Waals surface area contributed by atoms with Gasteiger partial charge in [0.2, 0.25) is 5.91 Å². The van der Waals surface area contributed by atoms with Gasteiger partial charge in [-0.2, -0.15) is 0 Å². The van der Waals surface area contributed by atoms with Crippen LogP contribution in [0.2, 0.25) is 0 Å². The number of nitrogens with one attached hydrogen (secondary N) is 2. The van der Waals surface area contributed by atoms with E-state index in [1.807, 2.05) is 30.5 Å². The normalized spacial score (nSPS) is 12.3. The zero-order valence-electron chi connectivity index (χ0n) is 11.2. The van der Waals surface area contributed by atoms with E-state index in [4.69, 9.17) is 0 Å². The summed E-state index contributed by atoms with van der Waals surface area (Å²) in [5.74, 6) is -0.118. The minimum atomic E-state index is -0.452. The highest BCUT2D eigenvalue weighted by molar-refractivity contribution is 5.89. The highest BCUT2D eigenvalue weighted by Crippen LogP contribution is 2.19. The number of ketones is 1. The molecule has 2 N–H and O–H groups in total. The van der Waals surface area contributed by atoms with E-state index in [2.05, 4.69) is 10.3 Å². The number of H-pyrrole nitrogens is 1. The predicted octanol–water partition coefficient (Wildman–Crippen LogP) is 2.19. The average molecular weight is 258 g/mol. The van der Waals surface area contributed by atoms with Gasteiger partial charge >= 0.3 is 0 Å². The van der Waals surface area contributed by atoms with Gasteiger partial charge in [0.05, 0.1) is 6.04 Å². The van der Waals surface area contributed by atoms with Crippen LogP contribution in [0.1, 0.15) is 25.8 Å². The number of amides is 1. The third-order valence-corrected chi connectivity index (χ3v) is 3.25. The molecular formula is C15H18N2O2. The van der Waals surface area contributed by atoms with Crippen molar-refractivity contribution in [3.63, 3.8) is 0 Å². The van der Waals surface area contributed by atoms with E-state index in [1.54, 1.807) is 6.92 Å². The Bertz CT molecular complexity index is 601. The second-order valence-electron chi connectivity index (χ2n) is 4.65. The number of hydrogen-bond acceptors (Lipinski definition) is 2. The summed E-state index contributed by atoms with van der Waals surface area (Å²) >= 11 is 0. The maximum Gasteiger partial charge on any atom is 0.220 e. The van der Waals surface area contributed by atoms with Crippen molar-refractivity contribution in [1.29, 1.82) is 0 Å². The molecule has 1 amide bonds. The van der Waals surface area contributed by atoms with Crippen molar-refractivity contribution in [2.45, 2.75) is 32.7 Å². The van der Waals surface area contributed by atoms with Crippen LogP contribution in [-0.2, 0) is 16.0 Å². The van der Waals surface area contributed by atoms with Crippen LogP contribution in [0.25, 0.3) is 10.9 Å². The molecule has 19 heavy (non-hydrogen) atoms. The first-order valence-electron chi connectivity index (χ1n) is 6.46. The first kappa shape index (κ1) is 13.3. The summed E-state index contributed by atoms with van der Waals surface area (Å²) in [6.45, 7) is 3.29. The van der Waals surface area contributed by atoms with E-state index in [9.17, 15) is 9.59 Å². The molecule has 0 spiro atoms. The summed E-state index contributed by atoms with van der Waals surface area (Å²) in [5, 5.41) is 3.86. The fourth-order valence-electron chi connectivity index (χ4n) is 2.11. The number of aromatic amines is 1. The van der Waals surface area contributed by atoms with E-state index in [1.165, 1.54) is 6.92 Å². The number of carbonyl (C=O) groups excluding carboxylic acids is 2. The monoisotopic (exact) mass is 258 g/mol. The number of rotatable bonds is 5. The van der Waals surface area contributed by atoms with Gasteiger partial charge in [-0.05, 0) is 18.6 Å². The quantitative estimate of drug-likeness (QED) is 0.863. The van der Waals surface area contributed by atoms with Crippen molar-refractivity contribution in [2.75, 3.05) is 0 Å². The molecule has 2 aromatic rings. The molecule has 1 atom stereocenters. The number of carbonyl (C=O) groups is 2. The zero-order chi connectivity index (χ0) is 13.8. The molecule has 100 valence electrons. The predicted molar refractivity (Wildman–Crippen MR) is 74.9 cm³/mol. The molecule has 2 rings (SSSR count). The van der Waals surface area contributed by atoms with Crippen molar-refractivity contribution in [3.05, 3.63) is 36.0 Å². The molecule has 4 heteroatoms. The zero-order valence-corrected chi connectivity index (χ0v) is 11.2. The van der Waals surface area contributed by atoms with Gasteiger partial charge in [-0.3, -0.25) is 9.59 Å². The number of hydrogen-bond donors (Lipinski definition) is 2. The van der Waals surface area contributed by atoms with Crippen LogP contribution in [0, 0.1) is 0 Å². The molecule has 0 bridgehead atoms. The van der Waals surface area contributed by atoms with Crippen LogP contribution in [-0.4, -0.2) is 22.7 Å². The Morgan fingerprint density at radius 2 is 2.05 bits per heavy atom. The van der Waals surface area contributed by atoms with E-state index < -0.39 is 6.04 Å². The molecule has 0 fully saturated rings. The van der Waals surface area contributed by atoms with Gasteiger partial charge in [-0.25, -0.2) is 0 Å². The number of fused-ring (bicyclic) bond motifs is 1. The van der Waals surface area contributed by atoms with Gasteiger partial charge in [-0.1, -0.05) is 25.1 Å². The molecule has 1 unspecified atom stereocenters. The summed E-state index contributed by atoms with van der Waals surface area (Å²) in [7, 11) is 0. The molecule has 0 aliphatic carbocycles. The SMILES string of the molecule is CCC(=O)NC(Cc1c[nH]c2ccccc12)C(C)=O. The molecule has 4 nitrogen and oxygen atoms in total. The molecule has 1 aromatic carbocycles. The molecule has 0 radical (unpaired) electrons. The van der Waals surface area contributed by atoms with Crippen molar-refractivity contribution in [1.82, 2.24) is 10.3 Å². The maximum absolute atomic E-state index is 11.6. The lowest BCUT2D eigenvalue weighted by Gasteiger charge is -2.15. The second-order valence-corrected chi connectivity index (χ2v) is 4.65. The highest BCUT2D eigenvalue weighted by Gasteiger charge is 2.18. The van der Waals surface area contributed by atoms with Crippen molar-refractivity contribution in [2.24, 2.45) is 0 Å². The highest BCUT2D eigenvalue weighted by atomic mass is 16.2. The Labute approximate surface area is 112 Å². The second kappa shape index (κ2) is 5.69. The van der Waals surface area contributed by atoms with Gasteiger partial charge in [0.1, 0.15) is 0 Å². The minimum absolute atomic E-state index is 0.0212. The number of benzene rings is 1. The number of Topliss-reactive ketones (excluding diaryl/α,β-unsaturated/α-hetero) is 1. The standard InChI is InChI=1S/C15H18N2O2/c1-3-15(19)17-14(10(2)18)8-11-9-16-13-7-5-4-6-12(11)13/h4-7,9,14,16H,3,8H2,1-2H3,(H,17,19). The third kappa shape index (κ3) is 3.02. The summed E-state index contributed by atoms with van der Waals surface area (Å²) in [6.07, 6.45) is 2.81. The smallest absolute Gasteiger partial charge is 0.220 e.